The van der Waals surface area contributed by atoms with Crippen LogP contribution in [0.5, 0.6) is 0 Å². The highest BCUT2D eigenvalue weighted by Gasteiger charge is 2.11. The molecule has 0 aliphatic carbocycles. The first-order chi connectivity index (χ1) is 10.7. The first-order valence-corrected chi connectivity index (χ1v) is 7.96. The maximum atomic E-state index is 6.22. The van der Waals surface area contributed by atoms with E-state index in [1.807, 2.05) is 42.5 Å². The molecule has 0 spiro atoms. The summed E-state index contributed by atoms with van der Waals surface area (Å²) >= 11 is 14.9. The van der Waals surface area contributed by atoms with Crippen LogP contribution in [-0.4, -0.2) is 21.1 Å². The van der Waals surface area contributed by atoms with Crippen molar-refractivity contribution < 1.29 is 0 Å². The maximum absolute atomic E-state index is 6.22. The molecule has 4 nitrogen and oxygen atoms in total. The largest absolute Gasteiger partial charge is 0.250 e. The number of nitrogens with one attached hydrogen (secondary N) is 1. The molecule has 0 amide bonds. The van der Waals surface area contributed by atoms with E-state index in [-0.39, 0.29) is 0 Å². The summed E-state index contributed by atoms with van der Waals surface area (Å²) in [5.74, 6) is 0.568. The van der Waals surface area contributed by atoms with Gasteiger partial charge >= 0.3 is 0 Å². The summed E-state index contributed by atoms with van der Waals surface area (Å²) in [7, 11) is 0. The van der Waals surface area contributed by atoms with E-state index in [2.05, 4.69) is 31.2 Å². The average Bonchev–Trinajstić information content (AvgIpc) is 2.88. The molecule has 2 aromatic carbocycles. The van der Waals surface area contributed by atoms with Crippen molar-refractivity contribution in [3.8, 4) is 11.4 Å². The fourth-order valence-corrected chi connectivity index (χ4v) is 2.70. The summed E-state index contributed by atoms with van der Waals surface area (Å²) < 4.78 is 2.90. The van der Waals surface area contributed by atoms with Gasteiger partial charge in [0.15, 0.2) is 5.82 Å². The molecule has 3 rings (SSSR count). The van der Waals surface area contributed by atoms with Crippen LogP contribution >= 0.6 is 39.7 Å². The lowest BCUT2D eigenvalue weighted by Crippen LogP contribution is -1.95. The Balaban J connectivity index is 2.06. The van der Waals surface area contributed by atoms with Crippen molar-refractivity contribution >= 4 is 46.0 Å². The molecular formula is C15H10BrClN4S. The number of nitrogens with zero attached hydrogens (tertiary/aromatic N) is 3. The third-order valence-corrected chi connectivity index (χ3v) is 4.30. The summed E-state index contributed by atoms with van der Waals surface area (Å²) in [5, 5.41) is 12.0. The van der Waals surface area contributed by atoms with E-state index in [1.54, 1.807) is 17.0 Å². The summed E-state index contributed by atoms with van der Waals surface area (Å²) in [6, 6.07) is 15.2. The molecule has 110 valence electrons. The lowest BCUT2D eigenvalue weighted by molar-refractivity contribution is 0.871. The Morgan fingerprint density at radius 3 is 2.68 bits per heavy atom. The summed E-state index contributed by atoms with van der Waals surface area (Å²) in [5.41, 5.74) is 1.71. The van der Waals surface area contributed by atoms with Crippen molar-refractivity contribution in [2.24, 2.45) is 5.10 Å². The first-order valence-electron chi connectivity index (χ1n) is 6.38. The van der Waals surface area contributed by atoms with Crippen molar-refractivity contribution in [2.75, 3.05) is 0 Å². The van der Waals surface area contributed by atoms with Gasteiger partial charge in [-0.3, -0.25) is 0 Å². The van der Waals surface area contributed by atoms with Gasteiger partial charge in [0.2, 0.25) is 4.77 Å². The molecule has 22 heavy (non-hydrogen) atoms. The minimum absolute atomic E-state index is 0.401. The van der Waals surface area contributed by atoms with Gasteiger partial charge in [0, 0.05) is 15.6 Å². The number of hydrogen-bond donors (Lipinski definition) is 1. The molecule has 1 aromatic heterocycles. The molecule has 3 aromatic rings. The summed E-state index contributed by atoms with van der Waals surface area (Å²) in [6.07, 6.45) is 1.72. The van der Waals surface area contributed by atoms with Crippen molar-refractivity contribution in [2.45, 2.75) is 0 Å². The van der Waals surface area contributed by atoms with Crippen molar-refractivity contribution in [3.63, 3.8) is 0 Å². The van der Waals surface area contributed by atoms with E-state index < -0.39 is 0 Å². The predicted molar refractivity (Wildman–Crippen MR) is 95.0 cm³/mol. The Kier molecular flexibility index (Phi) is 4.52. The number of hydrogen-bond acceptors (Lipinski definition) is 3. The number of halogens is 2. The molecule has 0 fully saturated rings. The molecule has 0 radical (unpaired) electrons. The van der Waals surface area contributed by atoms with Crippen LogP contribution in [-0.2, 0) is 0 Å². The molecule has 1 heterocycles. The highest BCUT2D eigenvalue weighted by Crippen LogP contribution is 2.26. The van der Waals surface area contributed by atoms with Crippen LogP contribution < -0.4 is 0 Å². The van der Waals surface area contributed by atoms with Crippen molar-refractivity contribution in [1.29, 1.82) is 0 Å². The molecule has 0 atom stereocenters. The second kappa shape index (κ2) is 6.56. The molecule has 0 saturated carbocycles. The molecule has 1 N–H and O–H groups in total. The lowest BCUT2D eigenvalue weighted by Gasteiger charge is -2.03. The van der Waals surface area contributed by atoms with Crippen LogP contribution in [0.25, 0.3) is 11.4 Å². The summed E-state index contributed by atoms with van der Waals surface area (Å²) in [4.78, 5) is 0. The van der Waals surface area contributed by atoms with Gasteiger partial charge in [0.05, 0.1) is 11.2 Å². The Morgan fingerprint density at radius 1 is 1.18 bits per heavy atom. The van der Waals surface area contributed by atoms with Crippen molar-refractivity contribution in [3.05, 3.63) is 68.4 Å². The molecule has 0 bridgehead atoms. The molecular weight excluding hydrogens is 384 g/mol. The van der Waals surface area contributed by atoms with E-state index in [0.717, 1.165) is 15.6 Å². The Labute approximate surface area is 145 Å². The van der Waals surface area contributed by atoms with Crippen molar-refractivity contribution in [1.82, 2.24) is 14.9 Å². The van der Waals surface area contributed by atoms with Crippen LogP contribution in [0.1, 0.15) is 5.56 Å². The van der Waals surface area contributed by atoms with Gasteiger partial charge in [0.1, 0.15) is 0 Å². The van der Waals surface area contributed by atoms with Crippen LogP contribution in [0, 0.1) is 4.77 Å². The zero-order valence-corrected chi connectivity index (χ0v) is 14.4. The molecule has 0 aliphatic rings. The van der Waals surface area contributed by atoms with Crippen LogP contribution in [0.3, 0.4) is 0 Å². The third kappa shape index (κ3) is 3.04. The lowest BCUT2D eigenvalue weighted by atomic mass is 10.2. The molecule has 7 heteroatoms. The zero-order valence-electron chi connectivity index (χ0n) is 11.2. The second-order valence-electron chi connectivity index (χ2n) is 4.41. The highest BCUT2D eigenvalue weighted by molar-refractivity contribution is 9.10. The number of aromatic amines is 1. The predicted octanol–water partition coefficient (Wildman–Crippen LogP) is 4.91. The standard InChI is InChI=1S/C15H10BrClN4S/c16-12-7-3-1-5-10(12)9-18-21-14(19-20-15(21)22)11-6-2-4-8-13(11)17/h1-9H,(H,20,22). The quantitative estimate of drug-likeness (QED) is 0.508. The van der Waals surface area contributed by atoms with Crippen LogP contribution in [0.15, 0.2) is 58.1 Å². The van der Waals surface area contributed by atoms with Gasteiger partial charge in [-0.25, -0.2) is 5.10 Å². The van der Waals surface area contributed by atoms with Gasteiger partial charge < -0.3 is 0 Å². The van der Waals surface area contributed by atoms with Gasteiger partial charge in [-0.15, -0.1) is 0 Å². The molecule has 0 unspecified atom stereocenters. The topological polar surface area (TPSA) is 46.0 Å². The van der Waals surface area contributed by atoms with Crippen LogP contribution in [0.2, 0.25) is 5.02 Å². The van der Waals surface area contributed by atoms with Gasteiger partial charge in [-0.1, -0.05) is 57.9 Å². The number of aromatic nitrogens is 3. The number of benzene rings is 2. The zero-order chi connectivity index (χ0) is 15.5. The smallest absolute Gasteiger partial charge is 0.216 e. The van der Waals surface area contributed by atoms with E-state index in [9.17, 15) is 0 Å². The SMILES string of the molecule is S=c1[nH]nc(-c2ccccc2Cl)n1N=Cc1ccccc1Br. The molecule has 0 saturated heterocycles. The van der Waals surface area contributed by atoms with E-state index in [4.69, 9.17) is 23.8 Å². The average molecular weight is 394 g/mol. The fourth-order valence-electron chi connectivity index (χ4n) is 1.92. The Morgan fingerprint density at radius 2 is 1.91 bits per heavy atom. The van der Waals surface area contributed by atoms with Gasteiger partial charge in [0.25, 0.3) is 0 Å². The Bertz CT molecular complexity index is 900. The minimum atomic E-state index is 0.401. The minimum Gasteiger partial charge on any atom is -0.250 e. The number of rotatable bonds is 3. The summed E-state index contributed by atoms with van der Waals surface area (Å²) in [6.45, 7) is 0. The maximum Gasteiger partial charge on any atom is 0.216 e. The van der Waals surface area contributed by atoms with E-state index in [1.165, 1.54) is 0 Å². The van der Waals surface area contributed by atoms with Crippen LogP contribution in [0.4, 0.5) is 0 Å². The third-order valence-electron chi connectivity index (χ3n) is 2.98. The monoisotopic (exact) mass is 392 g/mol. The first kappa shape index (κ1) is 15.1. The van der Waals surface area contributed by atoms with Gasteiger partial charge in [-0.05, 0) is 30.4 Å². The number of H-pyrrole nitrogens is 1. The van der Waals surface area contributed by atoms with E-state index >= 15 is 0 Å². The normalized spacial score (nSPS) is 11.2. The molecule has 0 aliphatic heterocycles. The Hall–Kier alpha value is -1.76. The van der Waals surface area contributed by atoms with Gasteiger partial charge in [-0.2, -0.15) is 14.9 Å². The highest BCUT2D eigenvalue weighted by atomic mass is 79.9. The fraction of sp³-hybridized carbons (Fsp3) is 0. The van der Waals surface area contributed by atoms with E-state index in [0.29, 0.717) is 15.6 Å². The second-order valence-corrected chi connectivity index (χ2v) is 6.06.